The molecular weight excluding hydrogens is 304 g/mol. The molecule has 0 spiro atoms. The van der Waals surface area contributed by atoms with Gasteiger partial charge in [-0.2, -0.15) is 0 Å². The van der Waals surface area contributed by atoms with E-state index in [2.05, 4.69) is 9.97 Å². The zero-order valence-corrected chi connectivity index (χ0v) is 12.1. The average molecular weight is 314 g/mol. The molecule has 0 aliphatic heterocycles. The number of alkyl halides is 1. The predicted octanol–water partition coefficient (Wildman–Crippen LogP) is 3.87. The van der Waals surface area contributed by atoms with Gasteiger partial charge in [0.1, 0.15) is 17.2 Å². The summed E-state index contributed by atoms with van der Waals surface area (Å²) in [5.41, 5.74) is 3.19. The number of aryl methyl sites for hydroxylation is 1. The zero-order valence-electron chi connectivity index (χ0n) is 10.5. The highest BCUT2D eigenvalue weighted by Gasteiger charge is 2.16. The number of imidazole rings is 1. The first-order valence-electron chi connectivity index (χ1n) is 5.89. The molecule has 2 aromatic heterocycles. The van der Waals surface area contributed by atoms with E-state index < -0.39 is 11.6 Å². The summed E-state index contributed by atoms with van der Waals surface area (Å²) in [7, 11) is 0. The molecule has 0 aliphatic rings. The summed E-state index contributed by atoms with van der Waals surface area (Å²) in [4.78, 5) is 9.34. The maximum atomic E-state index is 13.8. The van der Waals surface area contributed by atoms with Crippen molar-refractivity contribution in [3.63, 3.8) is 0 Å². The molecule has 7 heteroatoms. The average Bonchev–Trinajstić information content (AvgIpc) is 2.95. The monoisotopic (exact) mass is 313 g/mol. The largest absolute Gasteiger partial charge is 0.321 e. The van der Waals surface area contributed by atoms with Crippen LogP contribution in [0.25, 0.3) is 11.0 Å². The Kier molecular flexibility index (Phi) is 3.43. The molecule has 3 aromatic rings. The Bertz CT molecular complexity index is 781. The highest BCUT2D eigenvalue weighted by atomic mass is 35.5. The number of rotatable bonds is 3. The molecule has 0 saturated carbocycles. The molecule has 3 nitrogen and oxygen atoms in total. The minimum absolute atomic E-state index is 0.133. The van der Waals surface area contributed by atoms with Gasteiger partial charge >= 0.3 is 0 Å². The van der Waals surface area contributed by atoms with Crippen LogP contribution in [0.5, 0.6) is 0 Å². The van der Waals surface area contributed by atoms with E-state index in [1.54, 1.807) is 10.1 Å². The van der Waals surface area contributed by atoms with Crippen LogP contribution in [0, 0.1) is 18.6 Å². The van der Waals surface area contributed by atoms with Crippen LogP contribution in [0.3, 0.4) is 0 Å². The molecule has 0 saturated heterocycles. The molecule has 104 valence electrons. The van der Waals surface area contributed by atoms with Gasteiger partial charge in [0.15, 0.2) is 5.82 Å². The summed E-state index contributed by atoms with van der Waals surface area (Å²) < 4.78 is 28.9. The third-order valence-electron chi connectivity index (χ3n) is 3.12. The van der Waals surface area contributed by atoms with Crippen LogP contribution in [-0.2, 0) is 12.4 Å². The predicted molar refractivity (Wildman–Crippen MR) is 75.2 cm³/mol. The minimum Gasteiger partial charge on any atom is -0.321 e. The number of thiazole rings is 1. The number of hydrogen-bond donors (Lipinski definition) is 0. The lowest BCUT2D eigenvalue weighted by Gasteiger charge is -2.06. The van der Waals surface area contributed by atoms with Gasteiger partial charge in [-0.25, -0.2) is 18.7 Å². The van der Waals surface area contributed by atoms with E-state index >= 15 is 0 Å². The second kappa shape index (κ2) is 5.10. The van der Waals surface area contributed by atoms with Gasteiger partial charge in [0.25, 0.3) is 0 Å². The molecule has 0 atom stereocenters. The van der Waals surface area contributed by atoms with E-state index in [-0.39, 0.29) is 11.4 Å². The van der Waals surface area contributed by atoms with E-state index in [1.165, 1.54) is 17.4 Å². The zero-order chi connectivity index (χ0) is 14.3. The van der Waals surface area contributed by atoms with Gasteiger partial charge in [0, 0.05) is 10.9 Å². The standard InChI is InChI=1S/C13H10ClF2N3S/c1-7-11(20-6-17-7)5-19-10-3-8(15)2-9(16)13(10)18-12(19)4-14/h2-3,6H,4-5H2,1H3. The van der Waals surface area contributed by atoms with Crippen molar-refractivity contribution in [2.75, 3.05) is 0 Å². The topological polar surface area (TPSA) is 30.7 Å². The Hall–Kier alpha value is -1.53. The van der Waals surface area contributed by atoms with Crippen LogP contribution >= 0.6 is 22.9 Å². The Morgan fingerprint density at radius 3 is 2.80 bits per heavy atom. The molecule has 0 aliphatic carbocycles. The van der Waals surface area contributed by atoms with Crippen molar-refractivity contribution in [3.05, 3.63) is 45.7 Å². The third-order valence-corrected chi connectivity index (χ3v) is 4.28. The first-order valence-corrected chi connectivity index (χ1v) is 7.30. The summed E-state index contributed by atoms with van der Waals surface area (Å²) in [5, 5.41) is 0. The summed E-state index contributed by atoms with van der Waals surface area (Å²) in [6.07, 6.45) is 0. The molecule has 0 unspecified atom stereocenters. The van der Waals surface area contributed by atoms with Crippen LogP contribution in [-0.4, -0.2) is 14.5 Å². The second-order valence-electron chi connectivity index (χ2n) is 4.36. The van der Waals surface area contributed by atoms with Crippen molar-refractivity contribution >= 4 is 34.0 Å². The molecule has 0 fully saturated rings. The first kappa shape index (κ1) is 13.5. The number of fused-ring (bicyclic) bond motifs is 1. The van der Waals surface area contributed by atoms with Crippen molar-refractivity contribution in [2.45, 2.75) is 19.3 Å². The molecule has 20 heavy (non-hydrogen) atoms. The fourth-order valence-corrected chi connectivity index (χ4v) is 3.07. The van der Waals surface area contributed by atoms with E-state index in [0.29, 0.717) is 17.9 Å². The van der Waals surface area contributed by atoms with Crippen molar-refractivity contribution in [1.82, 2.24) is 14.5 Å². The van der Waals surface area contributed by atoms with Crippen molar-refractivity contribution < 1.29 is 8.78 Å². The van der Waals surface area contributed by atoms with Crippen LogP contribution in [0.1, 0.15) is 16.4 Å². The lowest BCUT2D eigenvalue weighted by atomic mass is 10.3. The third kappa shape index (κ3) is 2.19. The SMILES string of the molecule is Cc1ncsc1Cn1c(CCl)nc2c(F)cc(F)cc21. The number of halogens is 3. The molecule has 2 heterocycles. The Morgan fingerprint density at radius 2 is 2.15 bits per heavy atom. The van der Waals surface area contributed by atoms with E-state index in [4.69, 9.17) is 11.6 Å². The van der Waals surface area contributed by atoms with Crippen molar-refractivity contribution in [2.24, 2.45) is 0 Å². The van der Waals surface area contributed by atoms with E-state index in [0.717, 1.165) is 16.6 Å². The van der Waals surface area contributed by atoms with Crippen molar-refractivity contribution in [1.29, 1.82) is 0 Å². The van der Waals surface area contributed by atoms with Gasteiger partial charge in [-0.05, 0) is 13.0 Å². The lowest BCUT2D eigenvalue weighted by Crippen LogP contribution is -2.03. The molecule has 0 bridgehead atoms. The quantitative estimate of drug-likeness (QED) is 0.687. The molecule has 1 aromatic carbocycles. The molecule has 0 radical (unpaired) electrons. The Balaban J connectivity index is 2.20. The Labute approximate surface area is 122 Å². The summed E-state index contributed by atoms with van der Waals surface area (Å²) >= 11 is 7.36. The van der Waals surface area contributed by atoms with E-state index in [9.17, 15) is 8.78 Å². The summed E-state index contributed by atoms with van der Waals surface area (Å²) in [6, 6.07) is 2.10. The first-order chi connectivity index (χ1) is 9.60. The van der Waals surface area contributed by atoms with Gasteiger partial charge in [-0.3, -0.25) is 0 Å². The van der Waals surface area contributed by atoms with Gasteiger partial charge in [-0.15, -0.1) is 22.9 Å². The lowest BCUT2D eigenvalue weighted by molar-refractivity contribution is 0.590. The highest BCUT2D eigenvalue weighted by molar-refractivity contribution is 7.09. The number of aromatic nitrogens is 3. The van der Waals surface area contributed by atoms with Crippen LogP contribution in [0.2, 0.25) is 0 Å². The number of hydrogen-bond acceptors (Lipinski definition) is 3. The molecule has 0 N–H and O–H groups in total. The Morgan fingerprint density at radius 1 is 1.35 bits per heavy atom. The van der Waals surface area contributed by atoms with E-state index in [1.807, 2.05) is 6.92 Å². The van der Waals surface area contributed by atoms with Gasteiger partial charge < -0.3 is 4.57 Å². The van der Waals surface area contributed by atoms with Crippen LogP contribution in [0.15, 0.2) is 17.6 Å². The van der Waals surface area contributed by atoms with Gasteiger partial charge in [0.2, 0.25) is 0 Å². The van der Waals surface area contributed by atoms with Gasteiger partial charge in [-0.1, -0.05) is 0 Å². The van der Waals surface area contributed by atoms with Crippen molar-refractivity contribution in [3.8, 4) is 0 Å². The fraction of sp³-hybridized carbons (Fsp3) is 0.231. The fourth-order valence-electron chi connectivity index (χ4n) is 2.10. The molecule has 3 rings (SSSR count). The minimum atomic E-state index is -0.675. The van der Waals surface area contributed by atoms with Gasteiger partial charge in [0.05, 0.1) is 29.1 Å². The molecule has 0 amide bonds. The number of nitrogens with zero attached hydrogens (tertiary/aromatic N) is 3. The van der Waals surface area contributed by atoms with Crippen LogP contribution < -0.4 is 0 Å². The normalized spacial score (nSPS) is 11.4. The highest BCUT2D eigenvalue weighted by Crippen LogP contribution is 2.24. The van der Waals surface area contributed by atoms with Crippen LogP contribution in [0.4, 0.5) is 8.78 Å². The number of benzene rings is 1. The molecular formula is C13H10ClF2N3S. The summed E-state index contributed by atoms with van der Waals surface area (Å²) in [5.74, 6) is -0.656. The maximum Gasteiger partial charge on any atom is 0.153 e. The maximum absolute atomic E-state index is 13.8. The smallest absolute Gasteiger partial charge is 0.153 e. The second-order valence-corrected chi connectivity index (χ2v) is 5.57. The summed E-state index contributed by atoms with van der Waals surface area (Å²) in [6.45, 7) is 2.35.